The first kappa shape index (κ1) is 17.2. The Bertz CT molecular complexity index is 505. The molecule has 0 aliphatic heterocycles. The number of carbonyl (C=O) groups excluding carboxylic acids is 1. The highest BCUT2D eigenvalue weighted by molar-refractivity contribution is 6.74. The maximum absolute atomic E-state index is 11.9. The van der Waals surface area contributed by atoms with E-state index < -0.39 is 8.32 Å². The van der Waals surface area contributed by atoms with Gasteiger partial charge in [0.05, 0.1) is 12.2 Å². The van der Waals surface area contributed by atoms with Crippen molar-refractivity contribution in [3.8, 4) is 0 Å². The molecule has 1 fully saturated rings. The molecule has 0 heterocycles. The summed E-state index contributed by atoms with van der Waals surface area (Å²) in [5.41, 5.74) is 0.622. The number of hydrogen-bond acceptors (Lipinski definition) is 3. The van der Waals surface area contributed by atoms with Gasteiger partial charge < -0.3 is 9.16 Å². The number of ether oxygens (including phenoxy) is 1. The van der Waals surface area contributed by atoms with E-state index in [0.717, 1.165) is 13.0 Å². The third kappa shape index (κ3) is 4.43. The molecule has 3 nitrogen and oxygen atoms in total. The molecule has 0 saturated heterocycles. The number of carbonyl (C=O) groups is 1. The van der Waals surface area contributed by atoms with Crippen molar-refractivity contribution in [2.45, 2.75) is 45.3 Å². The van der Waals surface area contributed by atoms with E-state index in [1.807, 2.05) is 18.2 Å². The van der Waals surface area contributed by atoms with Crippen LogP contribution in [-0.4, -0.2) is 27.5 Å². The minimum absolute atomic E-state index is 0.225. The van der Waals surface area contributed by atoms with E-state index in [1.54, 1.807) is 12.1 Å². The largest absolute Gasteiger partial charge is 0.462 e. The molecule has 2 atom stereocenters. The Balaban J connectivity index is 1.70. The first-order chi connectivity index (χ1) is 10.2. The van der Waals surface area contributed by atoms with Gasteiger partial charge in [0, 0.05) is 6.61 Å². The van der Waals surface area contributed by atoms with Crippen LogP contribution < -0.4 is 0 Å². The number of hydrogen-bond donors (Lipinski definition) is 0. The molecule has 0 amide bonds. The van der Waals surface area contributed by atoms with Gasteiger partial charge in [-0.15, -0.1) is 0 Å². The average molecular weight is 321 g/mol. The first-order valence-electron chi connectivity index (χ1n) is 8.07. The summed E-state index contributed by atoms with van der Waals surface area (Å²) in [6, 6.07) is 9.17. The zero-order chi connectivity index (χ0) is 16.4. The van der Waals surface area contributed by atoms with Gasteiger partial charge in [-0.3, -0.25) is 0 Å². The van der Waals surface area contributed by atoms with Crippen molar-refractivity contribution >= 4 is 14.3 Å². The maximum atomic E-state index is 11.9. The molecule has 22 heavy (non-hydrogen) atoms. The van der Waals surface area contributed by atoms with Crippen LogP contribution in [-0.2, 0) is 9.16 Å². The summed E-state index contributed by atoms with van der Waals surface area (Å²) in [5, 5.41) is 0.247. The summed E-state index contributed by atoms with van der Waals surface area (Å²) in [4.78, 5) is 11.9. The smallest absolute Gasteiger partial charge is 0.338 e. The SMILES string of the molecule is CC(C)(C)[Si](C)(C)OC[C@@H]1C[C@@H]1COC(=O)c1ccccc1. The fraction of sp³-hybridized carbons (Fsp3) is 0.611. The van der Waals surface area contributed by atoms with Crippen LogP contribution in [0, 0.1) is 11.8 Å². The van der Waals surface area contributed by atoms with Crippen molar-refractivity contribution in [1.82, 2.24) is 0 Å². The summed E-state index contributed by atoms with van der Waals surface area (Å²) in [6.07, 6.45) is 1.11. The van der Waals surface area contributed by atoms with Crippen LogP contribution >= 0.6 is 0 Å². The van der Waals surface area contributed by atoms with Gasteiger partial charge in [-0.25, -0.2) is 4.79 Å². The molecule has 0 radical (unpaired) electrons. The number of benzene rings is 1. The minimum atomic E-state index is -1.66. The average Bonchev–Trinajstić information content (AvgIpc) is 3.21. The Morgan fingerprint density at radius 3 is 2.32 bits per heavy atom. The maximum Gasteiger partial charge on any atom is 0.338 e. The fourth-order valence-corrected chi connectivity index (χ4v) is 3.15. The van der Waals surface area contributed by atoms with E-state index in [4.69, 9.17) is 9.16 Å². The van der Waals surface area contributed by atoms with Crippen LogP contribution in [0.15, 0.2) is 30.3 Å². The van der Waals surface area contributed by atoms with E-state index in [0.29, 0.717) is 24.0 Å². The van der Waals surface area contributed by atoms with Crippen molar-refractivity contribution in [2.75, 3.05) is 13.2 Å². The monoisotopic (exact) mass is 320 g/mol. The van der Waals surface area contributed by atoms with Crippen LogP contribution in [0.4, 0.5) is 0 Å². The van der Waals surface area contributed by atoms with Crippen molar-refractivity contribution in [1.29, 1.82) is 0 Å². The van der Waals surface area contributed by atoms with Gasteiger partial charge in [0.1, 0.15) is 0 Å². The van der Waals surface area contributed by atoms with E-state index in [9.17, 15) is 4.79 Å². The molecule has 2 rings (SSSR count). The summed E-state index contributed by atoms with van der Waals surface area (Å²) in [7, 11) is -1.66. The molecule has 0 bridgehead atoms. The summed E-state index contributed by atoms with van der Waals surface area (Å²) >= 11 is 0. The van der Waals surface area contributed by atoms with Gasteiger partial charge in [-0.2, -0.15) is 0 Å². The number of esters is 1. The van der Waals surface area contributed by atoms with E-state index in [1.165, 1.54) is 0 Å². The third-order valence-electron chi connectivity index (χ3n) is 4.97. The topological polar surface area (TPSA) is 35.5 Å². The van der Waals surface area contributed by atoms with Gasteiger partial charge in [-0.05, 0) is 48.5 Å². The lowest BCUT2D eigenvalue weighted by atomic mass is 10.2. The van der Waals surface area contributed by atoms with E-state index in [2.05, 4.69) is 33.9 Å². The fourth-order valence-electron chi connectivity index (χ4n) is 2.09. The molecule has 4 heteroatoms. The second-order valence-corrected chi connectivity index (χ2v) is 12.6. The normalized spacial score (nSPS) is 21.5. The Labute approximate surface area is 135 Å². The van der Waals surface area contributed by atoms with Crippen LogP contribution in [0.3, 0.4) is 0 Å². The standard InChI is InChI=1S/C18H28O3Si/c1-18(2,3)22(4,5)21-13-16-11-15(16)12-20-17(19)14-9-7-6-8-10-14/h6-10,15-16H,11-13H2,1-5H3/t15-,16+/m1/s1. The zero-order valence-corrected chi connectivity index (χ0v) is 15.4. The van der Waals surface area contributed by atoms with Gasteiger partial charge in [-0.1, -0.05) is 39.0 Å². The molecule has 0 aromatic heterocycles. The highest BCUT2D eigenvalue weighted by Gasteiger charge is 2.42. The van der Waals surface area contributed by atoms with Crippen LogP contribution in [0.25, 0.3) is 0 Å². The first-order valence-corrected chi connectivity index (χ1v) is 11.0. The summed E-state index contributed by atoms with van der Waals surface area (Å²) < 4.78 is 11.6. The minimum Gasteiger partial charge on any atom is -0.462 e. The molecule has 0 unspecified atom stereocenters. The van der Waals surface area contributed by atoms with Crippen LogP contribution in [0.5, 0.6) is 0 Å². The Kier molecular flexibility index (Phi) is 5.13. The second kappa shape index (κ2) is 6.55. The quantitative estimate of drug-likeness (QED) is 0.572. The van der Waals surface area contributed by atoms with E-state index >= 15 is 0 Å². The van der Waals surface area contributed by atoms with Crippen LogP contribution in [0.2, 0.25) is 18.1 Å². The Morgan fingerprint density at radius 2 is 1.73 bits per heavy atom. The number of rotatable bonds is 6. The predicted molar refractivity (Wildman–Crippen MR) is 91.5 cm³/mol. The molecule has 1 aliphatic rings. The van der Waals surface area contributed by atoms with Crippen LogP contribution in [0.1, 0.15) is 37.6 Å². The molecule has 122 valence electrons. The molecule has 1 aromatic rings. The Hall–Kier alpha value is -1.13. The van der Waals surface area contributed by atoms with Crippen molar-refractivity contribution < 1.29 is 14.0 Å². The lowest BCUT2D eigenvalue weighted by Gasteiger charge is -2.36. The molecule has 1 aliphatic carbocycles. The van der Waals surface area contributed by atoms with Crippen molar-refractivity contribution in [3.05, 3.63) is 35.9 Å². The van der Waals surface area contributed by atoms with Gasteiger partial charge in [0.2, 0.25) is 0 Å². The molecule has 0 spiro atoms. The van der Waals surface area contributed by atoms with Crippen molar-refractivity contribution in [2.24, 2.45) is 11.8 Å². The molecular weight excluding hydrogens is 292 g/mol. The third-order valence-corrected chi connectivity index (χ3v) is 9.47. The highest BCUT2D eigenvalue weighted by Crippen LogP contribution is 2.42. The van der Waals surface area contributed by atoms with Gasteiger partial charge >= 0.3 is 5.97 Å². The van der Waals surface area contributed by atoms with Gasteiger partial charge in [0.15, 0.2) is 8.32 Å². The van der Waals surface area contributed by atoms with Crippen molar-refractivity contribution in [3.63, 3.8) is 0 Å². The zero-order valence-electron chi connectivity index (χ0n) is 14.4. The molecule has 0 N–H and O–H groups in total. The predicted octanol–water partition coefficient (Wildman–Crippen LogP) is 4.50. The molecule has 1 aromatic carbocycles. The summed E-state index contributed by atoms with van der Waals surface area (Å²) in [6.45, 7) is 12.6. The molecular formula is C18H28O3Si. The second-order valence-electron chi connectivity index (χ2n) is 7.79. The molecule has 1 saturated carbocycles. The summed E-state index contributed by atoms with van der Waals surface area (Å²) in [5.74, 6) is 0.798. The highest BCUT2D eigenvalue weighted by atomic mass is 28.4. The van der Waals surface area contributed by atoms with Gasteiger partial charge in [0.25, 0.3) is 0 Å². The Morgan fingerprint density at radius 1 is 1.14 bits per heavy atom. The van der Waals surface area contributed by atoms with E-state index in [-0.39, 0.29) is 11.0 Å². The lowest BCUT2D eigenvalue weighted by Crippen LogP contribution is -2.41. The lowest BCUT2D eigenvalue weighted by molar-refractivity contribution is 0.0476.